The second-order valence-corrected chi connectivity index (χ2v) is 6.49. The van der Waals surface area contributed by atoms with Gasteiger partial charge in [-0.1, -0.05) is 23.7 Å². The highest BCUT2D eigenvalue weighted by Crippen LogP contribution is 2.24. The Labute approximate surface area is 158 Å². The summed E-state index contributed by atoms with van der Waals surface area (Å²) in [6.45, 7) is 0.413. The fraction of sp³-hybridized carbons (Fsp3) is 0.190. The van der Waals surface area contributed by atoms with Gasteiger partial charge in [0.25, 0.3) is 0 Å². The number of methoxy groups -OCH3 is 1. The number of rotatable bonds is 6. The number of carbonyl (C=O) groups excluding carboxylic acids is 1. The van der Waals surface area contributed by atoms with E-state index in [-0.39, 0.29) is 5.91 Å². The first-order valence-corrected chi connectivity index (χ1v) is 8.64. The van der Waals surface area contributed by atoms with Crippen LogP contribution in [0.1, 0.15) is 11.3 Å². The van der Waals surface area contributed by atoms with Crippen LogP contribution in [0.25, 0.3) is 11.3 Å². The fourth-order valence-electron chi connectivity index (χ4n) is 2.65. The van der Waals surface area contributed by atoms with Crippen molar-refractivity contribution in [2.45, 2.75) is 13.0 Å². The summed E-state index contributed by atoms with van der Waals surface area (Å²) < 4.78 is 11.1. The Balaban J connectivity index is 1.63. The highest BCUT2D eigenvalue weighted by Gasteiger charge is 2.13. The quantitative estimate of drug-likeness (QED) is 0.626. The molecule has 1 heterocycles. The van der Waals surface area contributed by atoms with Crippen LogP contribution in [0.3, 0.4) is 0 Å². The number of ether oxygens (including phenoxy) is 1. The van der Waals surface area contributed by atoms with Crippen molar-refractivity contribution in [1.29, 1.82) is 0 Å². The lowest BCUT2D eigenvalue weighted by Crippen LogP contribution is -2.27. The average molecular weight is 370 g/mol. The molecule has 3 rings (SSSR count). The van der Waals surface area contributed by atoms with Crippen LogP contribution in [0.15, 0.2) is 65.1 Å². The SMILES string of the molecule is COc1cccc(CC(=O)N(C)Cc2ccc(-c3ccc(Cl)cc3)o2)c1. The largest absolute Gasteiger partial charge is 0.497 e. The van der Waals surface area contributed by atoms with E-state index in [9.17, 15) is 4.79 Å². The molecule has 0 radical (unpaired) electrons. The number of hydrogen-bond donors (Lipinski definition) is 0. The third-order valence-corrected chi connectivity index (χ3v) is 4.35. The summed E-state index contributed by atoms with van der Waals surface area (Å²) in [5.74, 6) is 2.25. The van der Waals surface area contributed by atoms with Crippen LogP contribution in [0.2, 0.25) is 5.02 Å². The van der Waals surface area contributed by atoms with Gasteiger partial charge in [-0.05, 0) is 54.1 Å². The van der Waals surface area contributed by atoms with Gasteiger partial charge in [-0.15, -0.1) is 0 Å². The van der Waals surface area contributed by atoms with Crippen molar-refractivity contribution < 1.29 is 13.9 Å². The van der Waals surface area contributed by atoms with Gasteiger partial charge in [0, 0.05) is 17.6 Å². The van der Waals surface area contributed by atoms with Crippen LogP contribution in [-0.2, 0) is 17.8 Å². The van der Waals surface area contributed by atoms with Crippen LogP contribution in [0, 0.1) is 0 Å². The van der Waals surface area contributed by atoms with E-state index in [1.807, 2.05) is 60.7 Å². The summed E-state index contributed by atoms with van der Waals surface area (Å²) in [6.07, 6.45) is 0.318. The Morgan fingerprint density at radius 2 is 1.88 bits per heavy atom. The maximum Gasteiger partial charge on any atom is 0.227 e. The van der Waals surface area contributed by atoms with Gasteiger partial charge in [-0.3, -0.25) is 4.79 Å². The molecule has 3 aromatic rings. The standard InChI is InChI=1S/C21H20ClNO3/c1-23(21(24)13-15-4-3-5-18(12-15)25-2)14-19-10-11-20(26-19)16-6-8-17(22)9-7-16/h3-12H,13-14H2,1-2H3. The zero-order chi connectivity index (χ0) is 18.5. The number of amides is 1. The molecule has 0 bridgehead atoms. The number of likely N-dealkylation sites (N-methyl/N-ethyl adjacent to an activating group) is 1. The molecule has 0 spiro atoms. The van der Waals surface area contributed by atoms with Crippen LogP contribution in [-0.4, -0.2) is 25.0 Å². The number of hydrogen-bond acceptors (Lipinski definition) is 3. The van der Waals surface area contributed by atoms with Gasteiger partial charge in [0.15, 0.2) is 0 Å². The molecule has 0 aliphatic rings. The van der Waals surface area contributed by atoms with E-state index in [1.165, 1.54) is 0 Å². The Hall–Kier alpha value is -2.72. The summed E-state index contributed by atoms with van der Waals surface area (Å²) >= 11 is 5.91. The normalized spacial score (nSPS) is 10.6. The predicted octanol–water partition coefficient (Wildman–Crippen LogP) is 4.81. The minimum absolute atomic E-state index is 0.0164. The number of benzene rings is 2. The molecule has 0 N–H and O–H groups in total. The molecule has 0 saturated heterocycles. The van der Waals surface area contributed by atoms with Gasteiger partial charge in [-0.2, -0.15) is 0 Å². The van der Waals surface area contributed by atoms with Gasteiger partial charge in [0.1, 0.15) is 17.3 Å². The summed E-state index contributed by atoms with van der Waals surface area (Å²) in [7, 11) is 3.38. The summed E-state index contributed by atoms with van der Waals surface area (Å²) in [5, 5.41) is 0.684. The van der Waals surface area contributed by atoms with E-state index >= 15 is 0 Å². The van der Waals surface area contributed by atoms with Crippen molar-refractivity contribution in [2.75, 3.05) is 14.2 Å². The third-order valence-electron chi connectivity index (χ3n) is 4.10. The molecule has 1 aromatic heterocycles. The van der Waals surface area contributed by atoms with Gasteiger partial charge < -0.3 is 14.1 Å². The van der Waals surface area contributed by atoms with E-state index in [0.717, 1.165) is 28.4 Å². The maximum atomic E-state index is 12.5. The molecular formula is C21H20ClNO3. The van der Waals surface area contributed by atoms with Gasteiger partial charge >= 0.3 is 0 Å². The smallest absolute Gasteiger partial charge is 0.227 e. The first-order valence-electron chi connectivity index (χ1n) is 8.26. The van der Waals surface area contributed by atoms with E-state index in [0.29, 0.717) is 18.0 Å². The molecular weight excluding hydrogens is 350 g/mol. The number of carbonyl (C=O) groups is 1. The third kappa shape index (κ3) is 4.46. The van der Waals surface area contributed by atoms with Crippen molar-refractivity contribution in [2.24, 2.45) is 0 Å². The van der Waals surface area contributed by atoms with E-state index in [1.54, 1.807) is 19.1 Å². The first-order chi connectivity index (χ1) is 12.5. The maximum absolute atomic E-state index is 12.5. The second-order valence-electron chi connectivity index (χ2n) is 6.05. The first kappa shape index (κ1) is 18.1. The molecule has 4 nitrogen and oxygen atoms in total. The van der Waals surface area contributed by atoms with Gasteiger partial charge in [0.05, 0.1) is 20.1 Å². The number of furan rings is 1. The lowest BCUT2D eigenvalue weighted by Gasteiger charge is -2.16. The Kier molecular flexibility index (Phi) is 5.64. The van der Waals surface area contributed by atoms with Crippen molar-refractivity contribution in [3.8, 4) is 17.1 Å². The van der Waals surface area contributed by atoms with Crippen LogP contribution in [0.4, 0.5) is 0 Å². The molecule has 1 amide bonds. The molecule has 134 valence electrons. The van der Waals surface area contributed by atoms with Gasteiger partial charge in [-0.25, -0.2) is 0 Å². The lowest BCUT2D eigenvalue weighted by molar-refractivity contribution is -0.129. The number of nitrogens with zero attached hydrogens (tertiary/aromatic N) is 1. The molecule has 0 fully saturated rings. The van der Waals surface area contributed by atoms with Crippen LogP contribution in [0.5, 0.6) is 5.75 Å². The highest BCUT2D eigenvalue weighted by atomic mass is 35.5. The predicted molar refractivity (Wildman–Crippen MR) is 102 cm³/mol. The van der Waals surface area contributed by atoms with E-state index in [4.69, 9.17) is 20.8 Å². The monoisotopic (exact) mass is 369 g/mol. The number of halogens is 1. The zero-order valence-corrected chi connectivity index (χ0v) is 15.5. The van der Waals surface area contributed by atoms with Crippen molar-refractivity contribution >= 4 is 17.5 Å². The Morgan fingerprint density at radius 3 is 2.62 bits per heavy atom. The van der Waals surface area contributed by atoms with Crippen LogP contribution >= 0.6 is 11.6 Å². The fourth-order valence-corrected chi connectivity index (χ4v) is 2.77. The minimum Gasteiger partial charge on any atom is -0.497 e. The molecule has 0 aliphatic carbocycles. The zero-order valence-electron chi connectivity index (χ0n) is 14.7. The lowest BCUT2D eigenvalue weighted by atomic mass is 10.1. The van der Waals surface area contributed by atoms with Gasteiger partial charge in [0.2, 0.25) is 5.91 Å². The summed E-state index contributed by atoms with van der Waals surface area (Å²) in [5.41, 5.74) is 1.87. The Morgan fingerprint density at radius 1 is 1.12 bits per heavy atom. The summed E-state index contributed by atoms with van der Waals surface area (Å²) in [4.78, 5) is 14.1. The molecule has 26 heavy (non-hydrogen) atoms. The van der Waals surface area contributed by atoms with Crippen molar-refractivity contribution in [3.63, 3.8) is 0 Å². The molecule has 0 unspecified atom stereocenters. The summed E-state index contributed by atoms with van der Waals surface area (Å²) in [6, 6.07) is 18.8. The van der Waals surface area contributed by atoms with E-state index < -0.39 is 0 Å². The van der Waals surface area contributed by atoms with Crippen molar-refractivity contribution in [3.05, 3.63) is 77.0 Å². The molecule has 0 saturated carbocycles. The minimum atomic E-state index is 0.0164. The molecule has 5 heteroatoms. The molecule has 0 aliphatic heterocycles. The molecule has 2 aromatic carbocycles. The second kappa shape index (κ2) is 8.11. The molecule has 0 atom stereocenters. The van der Waals surface area contributed by atoms with Crippen molar-refractivity contribution in [1.82, 2.24) is 4.90 Å². The highest BCUT2D eigenvalue weighted by molar-refractivity contribution is 6.30. The van der Waals surface area contributed by atoms with E-state index in [2.05, 4.69) is 0 Å². The topological polar surface area (TPSA) is 42.7 Å². The Bertz CT molecular complexity index is 886. The average Bonchev–Trinajstić information content (AvgIpc) is 3.11. The van der Waals surface area contributed by atoms with Crippen LogP contribution < -0.4 is 4.74 Å².